The molecule has 0 saturated carbocycles. The Hall–Kier alpha value is -3.53. The van der Waals surface area contributed by atoms with Crippen molar-refractivity contribution in [2.45, 2.75) is 6.54 Å². The first-order chi connectivity index (χ1) is 13.1. The van der Waals surface area contributed by atoms with Gasteiger partial charge in [-0.3, -0.25) is 19.1 Å². The molecule has 0 saturated heterocycles. The van der Waals surface area contributed by atoms with Crippen LogP contribution >= 0.6 is 11.3 Å². The topological polar surface area (TPSA) is 123 Å². The third kappa shape index (κ3) is 3.29. The highest BCUT2D eigenvalue weighted by molar-refractivity contribution is 7.13. The minimum absolute atomic E-state index is 0.0143. The Bertz CT molecular complexity index is 1220. The van der Waals surface area contributed by atoms with Crippen molar-refractivity contribution in [1.29, 1.82) is 0 Å². The van der Waals surface area contributed by atoms with Gasteiger partial charge in [-0.25, -0.2) is 9.78 Å². The van der Waals surface area contributed by atoms with Crippen molar-refractivity contribution in [2.75, 3.05) is 6.54 Å². The molecule has 4 aromatic rings. The van der Waals surface area contributed by atoms with E-state index >= 15 is 0 Å². The molecule has 27 heavy (non-hydrogen) atoms. The van der Waals surface area contributed by atoms with Crippen molar-refractivity contribution in [3.8, 4) is 10.6 Å². The van der Waals surface area contributed by atoms with E-state index in [1.54, 1.807) is 18.2 Å². The number of thiophene rings is 1. The average Bonchev–Trinajstić information content (AvgIpc) is 3.35. The predicted molar refractivity (Wildman–Crippen MR) is 98.8 cm³/mol. The first kappa shape index (κ1) is 16.9. The van der Waals surface area contributed by atoms with Crippen LogP contribution in [0, 0.1) is 0 Å². The summed E-state index contributed by atoms with van der Waals surface area (Å²) < 4.78 is 6.18. The molecule has 9 nitrogen and oxygen atoms in total. The first-order valence-corrected chi connectivity index (χ1v) is 8.88. The summed E-state index contributed by atoms with van der Waals surface area (Å²) in [5.41, 5.74) is -0.682. The van der Waals surface area contributed by atoms with Crippen molar-refractivity contribution in [1.82, 2.24) is 25.0 Å². The molecule has 0 radical (unpaired) electrons. The molecule has 0 spiro atoms. The van der Waals surface area contributed by atoms with Crippen LogP contribution in [-0.4, -0.2) is 32.1 Å². The van der Waals surface area contributed by atoms with E-state index in [1.807, 2.05) is 17.5 Å². The van der Waals surface area contributed by atoms with Gasteiger partial charge in [-0.1, -0.05) is 11.2 Å². The van der Waals surface area contributed by atoms with Crippen LogP contribution in [0.25, 0.3) is 21.7 Å². The van der Waals surface area contributed by atoms with E-state index in [0.717, 1.165) is 9.44 Å². The van der Waals surface area contributed by atoms with E-state index in [4.69, 9.17) is 4.52 Å². The van der Waals surface area contributed by atoms with E-state index in [9.17, 15) is 14.4 Å². The number of hydrogen-bond acceptors (Lipinski definition) is 7. The van der Waals surface area contributed by atoms with Crippen LogP contribution in [0.15, 0.2) is 56.0 Å². The summed E-state index contributed by atoms with van der Waals surface area (Å²) in [5.74, 6) is 0.0540. The zero-order chi connectivity index (χ0) is 18.8. The standard InChI is InChI=1S/C17H13N5O4S/c23-15(11-9-12(26-21-11)13-4-2-8-27-13)19-6-7-22-16(24)10-3-1-5-18-14(10)20-17(22)25/h1-5,8-9H,6-7H2,(H,19,23)(H,18,20,25). The fourth-order valence-electron chi connectivity index (χ4n) is 2.58. The number of carbonyl (C=O) groups is 1. The fourth-order valence-corrected chi connectivity index (χ4v) is 3.25. The molecule has 4 heterocycles. The van der Waals surface area contributed by atoms with Gasteiger partial charge in [0, 0.05) is 25.4 Å². The maximum absolute atomic E-state index is 12.4. The smallest absolute Gasteiger partial charge is 0.330 e. The van der Waals surface area contributed by atoms with E-state index in [-0.39, 0.29) is 24.4 Å². The van der Waals surface area contributed by atoms with Crippen molar-refractivity contribution in [3.05, 3.63) is 68.4 Å². The molecule has 0 aromatic carbocycles. The third-order valence-electron chi connectivity index (χ3n) is 3.88. The molecular formula is C17H13N5O4S. The maximum atomic E-state index is 12.4. The molecule has 0 aliphatic heterocycles. The quantitative estimate of drug-likeness (QED) is 0.534. The summed E-state index contributed by atoms with van der Waals surface area (Å²) in [6, 6.07) is 8.47. The number of fused-ring (bicyclic) bond motifs is 1. The molecule has 0 bridgehead atoms. The lowest BCUT2D eigenvalue weighted by Crippen LogP contribution is -2.39. The van der Waals surface area contributed by atoms with Gasteiger partial charge in [-0.05, 0) is 23.6 Å². The summed E-state index contributed by atoms with van der Waals surface area (Å²) in [7, 11) is 0. The van der Waals surface area contributed by atoms with Crippen molar-refractivity contribution in [2.24, 2.45) is 0 Å². The zero-order valence-electron chi connectivity index (χ0n) is 13.8. The van der Waals surface area contributed by atoms with Gasteiger partial charge in [0.15, 0.2) is 11.5 Å². The second-order valence-corrected chi connectivity index (χ2v) is 6.54. The second-order valence-electron chi connectivity index (χ2n) is 5.60. The van der Waals surface area contributed by atoms with E-state index < -0.39 is 17.2 Å². The number of H-pyrrole nitrogens is 1. The Morgan fingerprint density at radius 2 is 2.19 bits per heavy atom. The van der Waals surface area contributed by atoms with Crippen LogP contribution in [0.3, 0.4) is 0 Å². The van der Waals surface area contributed by atoms with Crippen molar-refractivity contribution < 1.29 is 9.32 Å². The average molecular weight is 383 g/mol. The molecule has 0 fully saturated rings. The highest BCUT2D eigenvalue weighted by atomic mass is 32.1. The van der Waals surface area contributed by atoms with E-state index in [0.29, 0.717) is 11.1 Å². The van der Waals surface area contributed by atoms with Gasteiger partial charge in [0.05, 0.1) is 10.3 Å². The molecular weight excluding hydrogens is 370 g/mol. The third-order valence-corrected chi connectivity index (χ3v) is 4.77. The number of aromatic amines is 1. The molecule has 10 heteroatoms. The number of nitrogens with zero attached hydrogens (tertiary/aromatic N) is 3. The summed E-state index contributed by atoms with van der Waals surface area (Å²) in [6.07, 6.45) is 1.49. The number of rotatable bonds is 5. The lowest BCUT2D eigenvalue weighted by atomic mass is 10.3. The SMILES string of the molecule is O=C(NCCn1c(=O)[nH]c2ncccc2c1=O)c1cc(-c2cccs2)on1. The van der Waals surface area contributed by atoms with Gasteiger partial charge in [0.2, 0.25) is 0 Å². The Balaban J connectivity index is 1.46. The molecule has 2 N–H and O–H groups in total. The van der Waals surface area contributed by atoms with Crippen LogP contribution in [-0.2, 0) is 6.54 Å². The minimum Gasteiger partial charge on any atom is -0.355 e. The zero-order valence-corrected chi connectivity index (χ0v) is 14.7. The second kappa shape index (κ2) is 7.00. The predicted octanol–water partition coefficient (Wildman–Crippen LogP) is 1.23. The minimum atomic E-state index is -0.582. The van der Waals surface area contributed by atoms with Crippen LogP contribution in [0.4, 0.5) is 0 Å². The Kier molecular flexibility index (Phi) is 4.38. The van der Waals surface area contributed by atoms with Gasteiger partial charge < -0.3 is 9.84 Å². The number of hydrogen-bond donors (Lipinski definition) is 2. The summed E-state index contributed by atoms with van der Waals surface area (Å²) in [4.78, 5) is 44.0. The molecule has 1 amide bonds. The van der Waals surface area contributed by atoms with Gasteiger partial charge in [-0.2, -0.15) is 0 Å². The molecule has 136 valence electrons. The fraction of sp³-hybridized carbons (Fsp3) is 0.118. The lowest BCUT2D eigenvalue weighted by molar-refractivity contribution is 0.0943. The van der Waals surface area contributed by atoms with Gasteiger partial charge in [0.25, 0.3) is 11.5 Å². The Morgan fingerprint density at radius 3 is 3.00 bits per heavy atom. The van der Waals surface area contributed by atoms with Gasteiger partial charge in [-0.15, -0.1) is 11.3 Å². The van der Waals surface area contributed by atoms with Crippen molar-refractivity contribution >= 4 is 28.3 Å². The van der Waals surface area contributed by atoms with Gasteiger partial charge in [0.1, 0.15) is 5.65 Å². The monoisotopic (exact) mass is 383 g/mol. The van der Waals surface area contributed by atoms with Crippen LogP contribution in [0.2, 0.25) is 0 Å². The Morgan fingerprint density at radius 1 is 1.30 bits per heavy atom. The lowest BCUT2D eigenvalue weighted by Gasteiger charge is -2.06. The van der Waals surface area contributed by atoms with Crippen LogP contribution in [0.1, 0.15) is 10.5 Å². The largest absolute Gasteiger partial charge is 0.355 e. The molecule has 4 rings (SSSR count). The molecule has 0 aliphatic carbocycles. The van der Waals surface area contributed by atoms with Crippen LogP contribution < -0.4 is 16.6 Å². The molecule has 0 atom stereocenters. The summed E-state index contributed by atoms with van der Waals surface area (Å²) >= 11 is 1.47. The Labute approximate surface area is 155 Å². The van der Waals surface area contributed by atoms with Crippen LogP contribution in [0.5, 0.6) is 0 Å². The first-order valence-electron chi connectivity index (χ1n) is 8.00. The normalized spacial score (nSPS) is 11.0. The molecule has 0 unspecified atom stereocenters. The summed E-state index contributed by atoms with van der Waals surface area (Å²) in [6.45, 7) is 0.0924. The molecule has 0 aliphatic rings. The number of amides is 1. The van der Waals surface area contributed by atoms with Gasteiger partial charge >= 0.3 is 5.69 Å². The number of pyridine rings is 1. The maximum Gasteiger partial charge on any atom is 0.330 e. The number of carbonyl (C=O) groups excluding carboxylic acids is 1. The highest BCUT2D eigenvalue weighted by Crippen LogP contribution is 2.24. The number of aromatic nitrogens is 4. The highest BCUT2D eigenvalue weighted by Gasteiger charge is 2.14. The molecule has 4 aromatic heterocycles. The van der Waals surface area contributed by atoms with Crippen molar-refractivity contribution in [3.63, 3.8) is 0 Å². The van der Waals surface area contributed by atoms with E-state index in [1.165, 1.54) is 17.5 Å². The summed E-state index contributed by atoms with van der Waals surface area (Å²) in [5, 5.41) is 8.57. The number of nitrogens with one attached hydrogen (secondary N) is 2. The van der Waals surface area contributed by atoms with E-state index in [2.05, 4.69) is 20.4 Å².